The third-order valence-electron chi connectivity index (χ3n) is 2.77. The van der Waals surface area contributed by atoms with Gasteiger partial charge in [0.05, 0.1) is 7.11 Å². The Hall–Kier alpha value is -1.06. The molecule has 3 heteroatoms. The van der Waals surface area contributed by atoms with Crippen molar-refractivity contribution in [3.63, 3.8) is 0 Å². The zero-order valence-electron chi connectivity index (χ0n) is 11.4. The predicted octanol–water partition coefficient (Wildman–Crippen LogP) is 2.25. The molecule has 0 saturated heterocycles. The minimum absolute atomic E-state index is 0.102. The van der Waals surface area contributed by atoms with Crippen LogP contribution in [0.25, 0.3) is 0 Å². The van der Waals surface area contributed by atoms with Crippen LogP contribution in [0.1, 0.15) is 25.8 Å². The molecule has 0 aromatic heterocycles. The first-order valence-electron chi connectivity index (χ1n) is 6.02. The molecule has 0 unspecified atom stereocenters. The van der Waals surface area contributed by atoms with Crippen LogP contribution in [0.5, 0.6) is 5.75 Å². The summed E-state index contributed by atoms with van der Waals surface area (Å²) in [6, 6.07) is 8.13. The van der Waals surface area contributed by atoms with Crippen molar-refractivity contribution in [2.75, 3.05) is 20.7 Å². The van der Waals surface area contributed by atoms with Gasteiger partial charge >= 0.3 is 0 Å². The van der Waals surface area contributed by atoms with Crippen LogP contribution in [0.2, 0.25) is 0 Å². The Morgan fingerprint density at radius 3 is 2.53 bits per heavy atom. The number of hydrogen-bond donors (Lipinski definition) is 1. The monoisotopic (exact) mass is 236 g/mol. The Bertz CT molecular complexity index is 344. The summed E-state index contributed by atoms with van der Waals surface area (Å²) in [6.07, 6.45) is 0.985. The Morgan fingerprint density at radius 2 is 1.94 bits per heavy atom. The molecule has 17 heavy (non-hydrogen) atoms. The molecular weight excluding hydrogens is 212 g/mol. The lowest BCUT2D eigenvalue weighted by Gasteiger charge is -2.24. The van der Waals surface area contributed by atoms with Crippen molar-refractivity contribution in [2.45, 2.75) is 32.4 Å². The highest BCUT2D eigenvalue weighted by atomic mass is 16.5. The van der Waals surface area contributed by atoms with E-state index in [2.05, 4.69) is 31.9 Å². The minimum atomic E-state index is -0.102. The van der Waals surface area contributed by atoms with Crippen molar-refractivity contribution in [3.05, 3.63) is 29.8 Å². The van der Waals surface area contributed by atoms with Crippen molar-refractivity contribution < 1.29 is 4.74 Å². The SMILES string of the molecule is COc1ccccc1CN(C)CCC(C)(C)N. The van der Waals surface area contributed by atoms with Gasteiger partial charge in [-0.3, -0.25) is 0 Å². The summed E-state index contributed by atoms with van der Waals surface area (Å²) in [7, 11) is 3.82. The fourth-order valence-electron chi connectivity index (χ4n) is 1.68. The molecule has 0 aliphatic heterocycles. The van der Waals surface area contributed by atoms with Gasteiger partial charge in [0, 0.05) is 17.6 Å². The van der Waals surface area contributed by atoms with Crippen LogP contribution >= 0.6 is 0 Å². The van der Waals surface area contributed by atoms with Gasteiger partial charge in [0.2, 0.25) is 0 Å². The fraction of sp³-hybridized carbons (Fsp3) is 0.571. The fourth-order valence-corrected chi connectivity index (χ4v) is 1.68. The topological polar surface area (TPSA) is 38.5 Å². The third-order valence-corrected chi connectivity index (χ3v) is 2.77. The normalized spacial score (nSPS) is 11.9. The smallest absolute Gasteiger partial charge is 0.123 e. The highest BCUT2D eigenvalue weighted by Crippen LogP contribution is 2.19. The van der Waals surface area contributed by atoms with E-state index in [4.69, 9.17) is 10.5 Å². The van der Waals surface area contributed by atoms with Crippen LogP contribution in [0.15, 0.2) is 24.3 Å². The second kappa shape index (κ2) is 6.03. The molecule has 2 N–H and O–H groups in total. The standard InChI is InChI=1S/C14H24N2O/c1-14(2,15)9-10-16(3)11-12-7-5-6-8-13(12)17-4/h5-8H,9-11,15H2,1-4H3. The summed E-state index contributed by atoms with van der Waals surface area (Å²) < 4.78 is 5.34. The van der Waals surface area contributed by atoms with Crippen LogP contribution in [-0.4, -0.2) is 31.1 Å². The van der Waals surface area contributed by atoms with E-state index in [0.717, 1.165) is 25.3 Å². The number of nitrogens with two attached hydrogens (primary N) is 1. The number of nitrogens with zero attached hydrogens (tertiary/aromatic N) is 1. The summed E-state index contributed by atoms with van der Waals surface area (Å²) in [4.78, 5) is 2.27. The lowest BCUT2D eigenvalue weighted by Crippen LogP contribution is -2.36. The average molecular weight is 236 g/mol. The molecule has 3 nitrogen and oxygen atoms in total. The zero-order valence-corrected chi connectivity index (χ0v) is 11.4. The van der Waals surface area contributed by atoms with Crippen molar-refractivity contribution in [2.24, 2.45) is 5.73 Å². The second-order valence-corrected chi connectivity index (χ2v) is 5.29. The highest BCUT2D eigenvalue weighted by molar-refractivity contribution is 5.32. The number of para-hydroxylation sites is 1. The van der Waals surface area contributed by atoms with E-state index in [1.165, 1.54) is 5.56 Å². The van der Waals surface area contributed by atoms with Crippen molar-refractivity contribution in [1.29, 1.82) is 0 Å². The van der Waals surface area contributed by atoms with Gasteiger partial charge in [0.15, 0.2) is 0 Å². The minimum Gasteiger partial charge on any atom is -0.496 e. The van der Waals surface area contributed by atoms with Gasteiger partial charge < -0.3 is 15.4 Å². The Kier molecular flexibility index (Phi) is 4.97. The summed E-state index contributed by atoms with van der Waals surface area (Å²) in [5.41, 5.74) is 7.09. The van der Waals surface area contributed by atoms with Gasteiger partial charge in [-0.25, -0.2) is 0 Å². The summed E-state index contributed by atoms with van der Waals surface area (Å²) in [5, 5.41) is 0. The van der Waals surface area contributed by atoms with Gasteiger partial charge in [0.25, 0.3) is 0 Å². The molecule has 0 aliphatic rings. The maximum atomic E-state index is 5.98. The highest BCUT2D eigenvalue weighted by Gasteiger charge is 2.12. The average Bonchev–Trinajstić information content (AvgIpc) is 2.26. The molecule has 1 rings (SSSR count). The molecule has 0 fully saturated rings. The summed E-state index contributed by atoms with van der Waals surface area (Å²) in [6.45, 7) is 6.00. The Balaban J connectivity index is 2.53. The van der Waals surface area contributed by atoms with E-state index in [1.807, 2.05) is 18.2 Å². The molecule has 0 aliphatic carbocycles. The van der Waals surface area contributed by atoms with E-state index in [-0.39, 0.29) is 5.54 Å². The number of ether oxygens (including phenoxy) is 1. The predicted molar refractivity (Wildman–Crippen MR) is 72.2 cm³/mol. The molecule has 0 saturated carbocycles. The van der Waals surface area contributed by atoms with Gasteiger partial charge in [-0.2, -0.15) is 0 Å². The van der Waals surface area contributed by atoms with E-state index in [1.54, 1.807) is 7.11 Å². The molecule has 0 atom stereocenters. The van der Waals surface area contributed by atoms with E-state index in [0.29, 0.717) is 0 Å². The van der Waals surface area contributed by atoms with Crippen molar-refractivity contribution in [3.8, 4) is 5.75 Å². The van der Waals surface area contributed by atoms with Crippen LogP contribution in [0, 0.1) is 0 Å². The first-order chi connectivity index (χ1) is 7.92. The molecule has 0 radical (unpaired) electrons. The summed E-state index contributed by atoms with van der Waals surface area (Å²) in [5.74, 6) is 0.950. The van der Waals surface area contributed by atoms with E-state index >= 15 is 0 Å². The Labute approximate surface area is 105 Å². The molecule has 0 heterocycles. The third kappa shape index (κ3) is 5.20. The lowest BCUT2D eigenvalue weighted by molar-refractivity contribution is 0.284. The maximum absolute atomic E-state index is 5.98. The molecule has 0 amide bonds. The number of hydrogen-bond acceptors (Lipinski definition) is 3. The molecular formula is C14H24N2O. The maximum Gasteiger partial charge on any atom is 0.123 e. The number of methoxy groups -OCH3 is 1. The van der Waals surface area contributed by atoms with Crippen molar-refractivity contribution >= 4 is 0 Å². The van der Waals surface area contributed by atoms with Crippen molar-refractivity contribution in [1.82, 2.24) is 4.90 Å². The molecule has 96 valence electrons. The van der Waals surface area contributed by atoms with Crippen LogP contribution in [0.3, 0.4) is 0 Å². The molecule has 0 bridgehead atoms. The number of rotatable bonds is 6. The zero-order chi connectivity index (χ0) is 12.9. The van der Waals surface area contributed by atoms with Gasteiger partial charge in [-0.15, -0.1) is 0 Å². The van der Waals surface area contributed by atoms with Gasteiger partial charge in [0.1, 0.15) is 5.75 Å². The first kappa shape index (κ1) is 14.0. The van der Waals surface area contributed by atoms with Crippen LogP contribution < -0.4 is 10.5 Å². The van der Waals surface area contributed by atoms with E-state index in [9.17, 15) is 0 Å². The summed E-state index contributed by atoms with van der Waals surface area (Å²) >= 11 is 0. The quantitative estimate of drug-likeness (QED) is 0.823. The first-order valence-corrected chi connectivity index (χ1v) is 6.02. The largest absolute Gasteiger partial charge is 0.496 e. The Morgan fingerprint density at radius 1 is 1.29 bits per heavy atom. The van der Waals surface area contributed by atoms with E-state index < -0.39 is 0 Å². The van der Waals surface area contributed by atoms with Crippen LogP contribution in [-0.2, 0) is 6.54 Å². The molecule has 1 aromatic rings. The van der Waals surface area contributed by atoms with Gasteiger partial charge in [-0.1, -0.05) is 18.2 Å². The molecule has 1 aromatic carbocycles. The number of benzene rings is 1. The van der Waals surface area contributed by atoms with Gasteiger partial charge in [-0.05, 0) is 39.9 Å². The van der Waals surface area contributed by atoms with Crippen LogP contribution in [0.4, 0.5) is 0 Å². The molecule has 0 spiro atoms. The second-order valence-electron chi connectivity index (χ2n) is 5.29. The lowest BCUT2D eigenvalue weighted by atomic mass is 10.0.